The molecule has 2 aliphatic rings. The van der Waals surface area contributed by atoms with Gasteiger partial charge in [-0.3, -0.25) is 0 Å². The van der Waals surface area contributed by atoms with Crippen LogP contribution >= 0.6 is 0 Å². The van der Waals surface area contributed by atoms with E-state index in [2.05, 4.69) is 5.32 Å². The van der Waals surface area contributed by atoms with Crippen LogP contribution in [0.25, 0.3) is 0 Å². The number of hydrogen-bond acceptors (Lipinski definition) is 1. The number of hydrogen-bond donors (Lipinski definition) is 1. The molecule has 0 radical (unpaired) electrons. The summed E-state index contributed by atoms with van der Waals surface area (Å²) in [5.41, 5.74) is 0. The standard InChI is InChI=1S/C15H29N/c1-2-4-6-8-10-14(16-15-12-13-15)11-9-7-5-3-1/h14-16H,1-13H2. The van der Waals surface area contributed by atoms with Gasteiger partial charge in [-0.1, -0.05) is 57.8 Å². The van der Waals surface area contributed by atoms with Crippen molar-refractivity contribution in [2.75, 3.05) is 0 Å². The lowest BCUT2D eigenvalue weighted by molar-refractivity contribution is 0.402. The zero-order valence-electron chi connectivity index (χ0n) is 10.8. The first-order valence-electron chi connectivity index (χ1n) is 7.71. The molecule has 1 N–H and O–H groups in total. The van der Waals surface area contributed by atoms with Gasteiger partial charge in [0, 0.05) is 12.1 Å². The molecule has 0 aromatic rings. The summed E-state index contributed by atoms with van der Waals surface area (Å²) >= 11 is 0. The zero-order valence-corrected chi connectivity index (χ0v) is 10.8. The maximum atomic E-state index is 3.84. The Morgan fingerprint density at radius 1 is 0.438 bits per heavy atom. The third kappa shape index (κ3) is 5.34. The summed E-state index contributed by atoms with van der Waals surface area (Å²) in [5.74, 6) is 0. The fourth-order valence-electron chi connectivity index (χ4n) is 2.91. The van der Waals surface area contributed by atoms with E-state index in [-0.39, 0.29) is 0 Å². The minimum absolute atomic E-state index is 0.854. The molecule has 2 aliphatic carbocycles. The fraction of sp³-hybridized carbons (Fsp3) is 1.00. The van der Waals surface area contributed by atoms with Crippen molar-refractivity contribution >= 4 is 0 Å². The Morgan fingerprint density at radius 2 is 0.812 bits per heavy atom. The van der Waals surface area contributed by atoms with Gasteiger partial charge in [0.15, 0.2) is 0 Å². The topological polar surface area (TPSA) is 12.0 Å². The Balaban J connectivity index is 1.66. The Bertz CT molecular complexity index is 162. The SMILES string of the molecule is C1CCCCCC(NC2CC2)CCCCC1. The molecule has 0 heterocycles. The molecule has 0 aromatic carbocycles. The van der Waals surface area contributed by atoms with E-state index in [1.807, 2.05) is 0 Å². The van der Waals surface area contributed by atoms with Gasteiger partial charge >= 0.3 is 0 Å². The van der Waals surface area contributed by atoms with Crippen LogP contribution in [0.1, 0.15) is 83.5 Å². The number of rotatable bonds is 2. The normalized spacial score (nSPS) is 27.0. The van der Waals surface area contributed by atoms with Crippen LogP contribution in [-0.4, -0.2) is 12.1 Å². The highest BCUT2D eigenvalue weighted by Gasteiger charge is 2.23. The largest absolute Gasteiger partial charge is 0.311 e. The molecular weight excluding hydrogens is 194 g/mol. The van der Waals surface area contributed by atoms with Gasteiger partial charge in [0.2, 0.25) is 0 Å². The molecule has 94 valence electrons. The molecule has 0 amide bonds. The second kappa shape index (κ2) is 7.32. The second-order valence-corrected chi connectivity index (χ2v) is 5.90. The Morgan fingerprint density at radius 3 is 1.25 bits per heavy atom. The smallest absolute Gasteiger partial charge is 0.00708 e. The van der Waals surface area contributed by atoms with Gasteiger partial charge in [-0.15, -0.1) is 0 Å². The van der Waals surface area contributed by atoms with Crippen molar-refractivity contribution in [1.82, 2.24) is 5.32 Å². The molecule has 0 aromatic heterocycles. The van der Waals surface area contributed by atoms with Crippen LogP contribution in [0.2, 0.25) is 0 Å². The average molecular weight is 223 g/mol. The van der Waals surface area contributed by atoms with Crippen molar-refractivity contribution in [3.05, 3.63) is 0 Å². The van der Waals surface area contributed by atoms with Gasteiger partial charge < -0.3 is 5.32 Å². The van der Waals surface area contributed by atoms with Crippen molar-refractivity contribution in [1.29, 1.82) is 0 Å². The summed E-state index contributed by atoms with van der Waals surface area (Å²) in [5, 5.41) is 3.84. The van der Waals surface area contributed by atoms with Crippen molar-refractivity contribution in [2.45, 2.75) is 95.6 Å². The van der Waals surface area contributed by atoms with Crippen LogP contribution in [0, 0.1) is 0 Å². The number of nitrogens with one attached hydrogen (secondary N) is 1. The van der Waals surface area contributed by atoms with E-state index in [0.717, 1.165) is 12.1 Å². The van der Waals surface area contributed by atoms with Crippen LogP contribution in [0.5, 0.6) is 0 Å². The summed E-state index contributed by atoms with van der Waals surface area (Å²) in [6, 6.07) is 1.75. The van der Waals surface area contributed by atoms with Gasteiger partial charge in [-0.05, 0) is 25.7 Å². The molecule has 0 unspecified atom stereocenters. The summed E-state index contributed by atoms with van der Waals surface area (Å²) in [4.78, 5) is 0. The van der Waals surface area contributed by atoms with Crippen molar-refractivity contribution in [3.8, 4) is 0 Å². The molecule has 0 bridgehead atoms. The first-order chi connectivity index (χ1) is 7.95. The van der Waals surface area contributed by atoms with Crippen LogP contribution < -0.4 is 5.32 Å². The van der Waals surface area contributed by atoms with Gasteiger partial charge in [0.1, 0.15) is 0 Å². The van der Waals surface area contributed by atoms with E-state index in [1.54, 1.807) is 0 Å². The fourth-order valence-corrected chi connectivity index (χ4v) is 2.91. The highest BCUT2D eigenvalue weighted by Crippen LogP contribution is 2.23. The second-order valence-electron chi connectivity index (χ2n) is 5.90. The molecule has 1 nitrogen and oxygen atoms in total. The van der Waals surface area contributed by atoms with E-state index in [9.17, 15) is 0 Å². The highest BCUT2D eigenvalue weighted by molar-refractivity contribution is 4.84. The molecule has 1 heteroatoms. The Labute approximate surface area is 101 Å². The molecule has 0 atom stereocenters. The van der Waals surface area contributed by atoms with E-state index >= 15 is 0 Å². The van der Waals surface area contributed by atoms with E-state index in [4.69, 9.17) is 0 Å². The maximum Gasteiger partial charge on any atom is 0.00708 e. The Kier molecular flexibility index (Phi) is 5.68. The molecule has 0 saturated heterocycles. The summed E-state index contributed by atoms with van der Waals surface area (Å²) in [6.45, 7) is 0. The van der Waals surface area contributed by atoms with Crippen LogP contribution in [-0.2, 0) is 0 Å². The van der Waals surface area contributed by atoms with Crippen LogP contribution in [0.4, 0.5) is 0 Å². The molecule has 2 rings (SSSR count). The van der Waals surface area contributed by atoms with Gasteiger partial charge in [0.25, 0.3) is 0 Å². The summed E-state index contributed by atoms with van der Waals surface area (Å²) in [6.07, 6.45) is 19.1. The van der Waals surface area contributed by atoms with Crippen molar-refractivity contribution in [2.24, 2.45) is 0 Å². The maximum absolute atomic E-state index is 3.84. The lowest BCUT2D eigenvalue weighted by Crippen LogP contribution is -2.30. The van der Waals surface area contributed by atoms with Crippen LogP contribution in [0.15, 0.2) is 0 Å². The molecular formula is C15H29N. The van der Waals surface area contributed by atoms with Gasteiger partial charge in [0.05, 0.1) is 0 Å². The summed E-state index contributed by atoms with van der Waals surface area (Å²) < 4.78 is 0. The predicted molar refractivity (Wildman–Crippen MR) is 70.7 cm³/mol. The van der Waals surface area contributed by atoms with Crippen LogP contribution in [0.3, 0.4) is 0 Å². The monoisotopic (exact) mass is 223 g/mol. The van der Waals surface area contributed by atoms with Gasteiger partial charge in [-0.25, -0.2) is 0 Å². The molecule has 0 spiro atoms. The van der Waals surface area contributed by atoms with Gasteiger partial charge in [-0.2, -0.15) is 0 Å². The minimum atomic E-state index is 0.854. The molecule has 0 aliphatic heterocycles. The minimum Gasteiger partial charge on any atom is -0.311 e. The molecule has 2 fully saturated rings. The summed E-state index contributed by atoms with van der Waals surface area (Å²) in [7, 11) is 0. The third-order valence-electron chi connectivity index (χ3n) is 4.15. The lowest BCUT2D eigenvalue weighted by atomic mass is 9.98. The van der Waals surface area contributed by atoms with Crippen molar-refractivity contribution < 1.29 is 0 Å². The van der Waals surface area contributed by atoms with E-state index in [1.165, 1.54) is 83.5 Å². The van der Waals surface area contributed by atoms with Crippen molar-refractivity contribution in [3.63, 3.8) is 0 Å². The highest BCUT2D eigenvalue weighted by atomic mass is 15.0. The zero-order chi connectivity index (χ0) is 11.1. The quantitative estimate of drug-likeness (QED) is 0.731. The predicted octanol–water partition coefficient (Wildman–Crippen LogP) is 4.41. The Hall–Kier alpha value is -0.0400. The first-order valence-corrected chi connectivity index (χ1v) is 7.71. The lowest BCUT2D eigenvalue weighted by Gasteiger charge is -2.19. The molecule has 16 heavy (non-hydrogen) atoms. The van der Waals surface area contributed by atoms with E-state index < -0.39 is 0 Å². The third-order valence-corrected chi connectivity index (χ3v) is 4.15. The first kappa shape index (κ1) is 12.4. The molecule has 2 saturated carbocycles. The average Bonchev–Trinajstić information content (AvgIpc) is 3.06. The van der Waals surface area contributed by atoms with E-state index in [0.29, 0.717) is 0 Å².